The molecule has 0 saturated heterocycles. The van der Waals surface area contributed by atoms with Crippen molar-refractivity contribution in [2.45, 2.75) is 20.3 Å². The molecule has 2 aromatic rings. The van der Waals surface area contributed by atoms with Crippen molar-refractivity contribution in [3.63, 3.8) is 0 Å². The van der Waals surface area contributed by atoms with Crippen molar-refractivity contribution in [3.05, 3.63) is 65.2 Å². The average molecular weight is 296 g/mol. The lowest BCUT2D eigenvalue weighted by atomic mass is 10.1. The van der Waals surface area contributed by atoms with E-state index < -0.39 is 0 Å². The van der Waals surface area contributed by atoms with Crippen molar-refractivity contribution in [3.8, 4) is 5.75 Å². The van der Waals surface area contributed by atoms with E-state index in [-0.39, 0.29) is 12.5 Å². The van der Waals surface area contributed by atoms with Crippen molar-refractivity contribution in [2.24, 2.45) is 5.10 Å². The molecule has 0 aromatic heterocycles. The molecule has 2 rings (SSSR count). The molecule has 0 aliphatic heterocycles. The van der Waals surface area contributed by atoms with E-state index in [1.165, 1.54) is 0 Å². The second kappa shape index (κ2) is 7.98. The monoisotopic (exact) mass is 296 g/mol. The molecule has 22 heavy (non-hydrogen) atoms. The van der Waals surface area contributed by atoms with Crippen molar-refractivity contribution < 1.29 is 9.53 Å². The summed E-state index contributed by atoms with van der Waals surface area (Å²) >= 11 is 0. The first-order valence-corrected chi connectivity index (χ1v) is 7.20. The molecule has 0 spiro atoms. The van der Waals surface area contributed by atoms with Crippen molar-refractivity contribution >= 4 is 12.1 Å². The average Bonchev–Trinajstić information content (AvgIpc) is 2.52. The maximum Gasteiger partial charge on any atom is 0.277 e. The van der Waals surface area contributed by atoms with Gasteiger partial charge in [0.1, 0.15) is 5.75 Å². The SMILES string of the molecule is Cc1cccc(C)c1OCC(=O)N/N=C/Cc1ccccc1. The quantitative estimate of drug-likeness (QED) is 0.658. The Balaban J connectivity index is 1.76. The topological polar surface area (TPSA) is 50.7 Å². The third-order valence-electron chi connectivity index (χ3n) is 3.21. The molecule has 0 saturated carbocycles. The van der Waals surface area contributed by atoms with E-state index in [2.05, 4.69) is 10.5 Å². The van der Waals surface area contributed by atoms with E-state index in [9.17, 15) is 4.79 Å². The van der Waals surface area contributed by atoms with Crippen LogP contribution in [0.2, 0.25) is 0 Å². The normalized spacial score (nSPS) is 10.6. The lowest BCUT2D eigenvalue weighted by molar-refractivity contribution is -0.123. The number of nitrogens with zero attached hydrogens (tertiary/aromatic N) is 1. The number of aryl methyl sites for hydroxylation is 2. The van der Waals surface area contributed by atoms with Crippen LogP contribution in [0.4, 0.5) is 0 Å². The predicted octanol–water partition coefficient (Wildman–Crippen LogP) is 3.03. The highest BCUT2D eigenvalue weighted by Gasteiger charge is 2.06. The number of nitrogens with one attached hydrogen (secondary N) is 1. The molecule has 2 aromatic carbocycles. The summed E-state index contributed by atoms with van der Waals surface area (Å²) in [6.45, 7) is 3.87. The Bertz CT molecular complexity index is 631. The minimum Gasteiger partial charge on any atom is -0.483 e. The highest BCUT2D eigenvalue weighted by atomic mass is 16.5. The Hall–Kier alpha value is -2.62. The number of hydrogen-bond donors (Lipinski definition) is 1. The molecule has 4 nitrogen and oxygen atoms in total. The summed E-state index contributed by atoms with van der Waals surface area (Å²) in [5.74, 6) is 0.484. The van der Waals surface area contributed by atoms with Crippen LogP contribution in [0.1, 0.15) is 16.7 Å². The molecular formula is C18H20N2O2. The third kappa shape index (κ3) is 4.74. The van der Waals surface area contributed by atoms with Crippen LogP contribution in [0, 0.1) is 13.8 Å². The minimum absolute atomic E-state index is 0.0473. The van der Waals surface area contributed by atoms with Gasteiger partial charge in [0.2, 0.25) is 0 Å². The van der Waals surface area contributed by atoms with Crippen LogP contribution in [0.15, 0.2) is 53.6 Å². The Labute approximate surface area is 130 Å². The summed E-state index contributed by atoms with van der Waals surface area (Å²) < 4.78 is 5.56. The van der Waals surface area contributed by atoms with E-state index in [1.54, 1.807) is 6.21 Å². The number of carbonyl (C=O) groups excluding carboxylic acids is 1. The minimum atomic E-state index is -0.271. The van der Waals surface area contributed by atoms with Crippen LogP contribution in [-0.4, -0.2) is 18.7 Å². The number of benzene rings is 2. The fraction of sp³-hybridized carbons (Fsp3) is 0.222. The van der Waals surface area contributed by atoms with Gasteiger partial charge in [0.15, 0.2) is 6.61 Å². The van der Waals surface area contributed by atoms with Crippen LogP contribution >= 0.6 is 0 Å². The second-order valence-electron chi connectivity index (χ2n) is 5.05. The van der Waals surface area contributed by atoms with Crippen LogP contribution < -0.4 is 10.2 Å². The zero-order valence-corrected chi connectivity index (χ0v) is 12.9. The smallest absolute Gasteiger partial charge is 0.277 e. The number of hydrogen-bond acceptors (Lipinski definition) is 3. The predicted molar refractivity (Wildman–Crippen MR) is 88.2 cm³/mol. The lowest BCUT2D eigenvalue weighted by Crippen LogP contribution is -2.25. The zero-order chi connectivity index (χ0) is 15.8. The molecule has 0 bridgehead atoms. The number of ether oxygens (including phenoxy) is 1. The Morgan fingerprint density at radius 3 is 2.45 bits per heavy atom. The van der Waals surface area contributed by atoms with Gasteiger partial charge in [0.25, 0.3) is 5.91 Å². The maximum atomic E-state index is 11.7. The first-order chi connectivity index (χ1) is 10.7. The van der Waals surface area contributed by atoms with Crippen molar-refractivity contribution in [2.75, 3.05) is 6.61 Å². The maximum absolute atomic E-state index is 11.7. The second-order valence-corrected chi connectivity index (χ2v) is 5.05. The summed E-state index contributed by atoms with van der Waals surface area (Å²) in [6.07, 6.45) is 2.35. The van der Waals surface area contributed by atoms with Gasteiger partial charge in [-0.05, 0) is 30.5 Å². The van der Waals surface area contributed by atoms with Gasteiger partial charge in [0, 0.05) is 12.6 Å². The van der Waals surface area contributed by atoms with Crippen LogP contribution in [0.5, 0.6) is 5.75 Å². The summed E-state index contributed by atoms with van der Waals surface area (Å²) in [5.41, 5.74) is 5.64. The van der Waals surface area contributed by atoms with Gasteiger partial charge in [-0.3, -0.25) is 4.79 Å². The Kier molecular flexibility index (Phi) is 5.72. The first-order valence-electron chi connectivity index (χ1n) is 7.20. The van der Waals surface area contributed by atoms with E-state index >= 15 is 0 Å². The van der Waals surface area contributed by atoms with Crippen LogP contribution in [0.3, 0.4) is 0 Å². The number of rotatable bonds is 6. The molecule has 0 aliphatic carbocycles. The largest absolute Gasteiger partial charge is 0.483 e. The number of carbonyl (C=O) groups is 1. The molecule has 0 aliphatic rings. The molecule has 1 amide bonds. The molecular weight excluding hydrogens is 276 g/mol. The lowest BCUT2D eigenvalue weighted by Gasteiger charge is -2.10. The van der Waals surface area contributed by atoms with E-state index in [0.717, 1.165) is 22.4 Å². The molecule has 1 N–H and O–H groups in total. The van der Waals surface area contributed by atoms with Gasteiger partial charge in [-0.15, -0.1) is 0 Å². The van der Waals surface area contributed by atoms with Gasteiger partial charge >= 0.3 is 0 Å². The van der Waals surface area contributed by atoms with Gasteiger partial charge in [0.05, 0.1) is 0 Å². The highest BCUT2D eigenvalue weighted by Crippen LogP contribution is 2.21. The van der Waals surface area contributed by atoms with E-state index in [0.29, 0.717) is 6.42 Å². The highest BCUT2D eigenvalue weighted by molar-refractivity contribution is 5.78. The number of para-hydroxylation sites is 1. The summed E-state index contributed by atoms with van der Waals surface area (Å²) in [5, 5.41) is 3.92. The van der Waals surface area contributed by atoms with Crippen LogP contribution in [0.25, 0.3) is 0 Å². The molecule has 0 atom stereocenters. The zero-order valence-electron chi connectivity index (χ0n) is 12.9. The van der Waals surface area contributed by atoms with Crippen molar-refractivity contribution in [1.82, 2.24) is 5.43 Å². The Morgan fingerprint density at radius 1 is 1.09 bits per heavy atom. The molecule has 0 fully saturated rings. The molecule has 114 valence electrons. The van der Waals surface area contributed by atoms with Gasteiger partial charge < -0.3 is 4.74 Å². The summed E-state index contributed by atoms with van der Waals surface area (Å²) in [6, 6.07) is 15.8. The van der Waals surface area contributed by atoms with Gasteiger partial charge in [-0.1, -0.05) is 48.5 Å². The van der Waals surface area contributed by atoms with Gasteiger partial charge in [-0.2, -0.15) is 5.10 Å². The molecule has 0 heterocycles. The third-order valence-corrected chi connectivity index (χ3v) is 3.21. The standard InChI is InChI=1S/C18H20N2O2/c1-14-7-6-8-15(2)18(14)22-13-17(21)20-19-12-11-16-9-4-3-5-10-16/h3-10,12H,11,13H2,1-2H3,(H,20,21)/b19-12+. The number of amides is 1. The Morgan fingerprint density at radius 2 is 1.77 bits per heavy atom. The van der Waals surface area contributed by atoms with E-state index in [4.69, 9.17) is 4.74 Å². The molecule has 4 heteroatoms. The first kappa shape index (κ1) is 15.8. The van der Waals surface area contributed by atoms with Crippen molar-refractivity contribution in [1.29, 1.82) is 0 Å². The van der Waals surface area contributed by atoms with Crippen LogP contribution in [-0.2, 0) is 11.2 Å². The van der Waals surface area contributed by atoms with E-state index in [1.807, 2.05) is 62.4 Å². The summed E-state index contributed by atoms with van der Waals surface area (Å²) in [7, 11) is 0. The number of hydrazone groups is 1. The molecule has 0 radical (unpaired) electrons. The fourth-order valence-electron chi connectivity index (χ4n) is 2.08. The summed E-state index contributed by atoms with van der Waals surface area (Å²) in [4.78, 5) is 11.7. The molecule has 0 unspecified atom stereocenters. The van der Waals surface area contributed by atoms with Gasteiger partial charge in [-0.25, -0.2) is 5.43 Å². The fourth-order valence-corrected chi connectivity index (χ4v) is 2.08.